The molecule has 1 saturated heterocycles. The topological polar surface area (TPSA) is 71.5 Å². The zero-order valence-electron chi connectivity index (χ0n) is 17.9. The molecule has 7 nitrogen and oxygen atoms in total. The Balaban J connectivity index is 1.65. The molecule has 2 heterocycles. The molecule has 34 heavy (non-hydrogen) atoms. The molecular formula is C22H20ClF4N5O2. The fourth-order valence-electron chi connectivity index (χ4n) is 3.54. The first kappa shape index (κ1) is 23.8. The Hall–Kier alpha value is -3.31. The van der Waals surface area contributed by atoms with Crippen molar-refractivity contribution in [2.24, 2.45) is 0 Å². The Morgan fingerprint density at radius 1 is 1.12 bits per heavy atom. The van der Waals surface area contributed by atoms with Crippen molar-refractivity contribution >= 4 is 40.4 Å². The molecule has 12 heteroatoms. The lowest BCUT2D eigenvalue weighted by molar-refractivity contribution is -0.138. The second-order valence-corrected chi connectivity index (χ2v) is 7.74. The number of nitrogens with one attached hydrogen (secondary N) is 2. The molecule has 2 N–H and O–H groups in total. The average molecular weight is 498 g/mol. The summed E-state index contributed by atoms with van der Waals surface area (Å²) in [4.78, 5) is 9.74. The number of aromatic nitrogens is 2. The molecule has 0 spiro atoms. The number of rotatable bonds is 6. The summed E-state index contributed by atoms with van der Waals surface area (Å²) >= 11 is 6.38. The van der Waals surface area contributed by atoms with Crippen molar-refractivity contribution in [2.75, 3.05) is 42.4 Å². The van der Waals surface area contributed by atoms with E-state index in [0.29, 0.717) is 31.1 Å². The molecule has 1 atom stereocenters. The van der Waals surface area contributed by atoms with Gasteiger partial charge in [-0.05, 0) is 24.3 Å². The first-order valence-electron chi connectivity index (χ1n) is 10.2. The number of morpholine rings is 1. The van der Waals surface area contributed by atoms with Gasteiger partial charge in [0.15, 0.2) is 11.6 Å². The highest BCUT2D eigenvalue weighted by atomic mass is 35.5. The molecule has 0 saturated carbocycles. The van der Waals surface area contributed by atoms with Crippen LogP contribution in [0.5, 0.6) is 5.75 Å². The molecule has 0 radical (unpaired) electrons. The molecule has 2 aromatic carbocycles. The minimum atomic E-state index is -4.70. The van der Waals surface area contributed by atoms with Crippen molar-refractivity contribution in [3.63, 3.8) is 0 Å². The minimum absolute atomic E-state index is 0.221. The number of hydrogen-bond donors (Lipinski definition) is 2. The SMILES string of the molecule is COc1cccc(Nc2ncc(F)c(Nc3ccccc3N3CCOCC3Cl)n2)c1C(F)(F)F. The van der Waals surface area contributed by atoms with Gasteiger partial charge < -0.3 is 25.0 Å². The number of anilines is 5. The Labute approximate surface area is 197 Å². The molecule has 180 valence electrons. The summed E-state index contributed by atoms with van der Waals surface area (Å²) in [5, 5.41) is 5.41. The predicted octanol–water partition coefficient (Wildman–Crippen LogP) is 5.53. The summed E-state index contributed by atoms with van der Waals surface area (Å²) in [6.45, 7) is 1.34. The van der Waals surface area contributed by atoms with E-state index < -0.39 is 23.1 Å². The van der Waals surface area contributed by atoms with Crippen LogP contribution in [0.15, 0.2) is 48.7 Å². The van der Waals surface area contributed by atoms with E-state index in [1.54, 1.807) is 12.1 Å². The molecule has 0 aliphatic carbocycles. The van der Waals surface area contributed by atoms with E-state index in [2.05, 4.69) is 20.6 Å². The van der Waals surface area contributed by atoms with Gasteiger partial charge in [0, 0.05) is 6.54 Å². The minimum Gasteiger partial charge on any atom is -0.496 e. The summed E-state index contributed by atoms with van der Waals surface area (Å²) in [5.41, 5.74) is -0.562. The van der Waals surface area contributed by atoms with E-state index >= 15 is 0 Å². The van der Waals surface area contributed by atoms with Crippen LogP contribution < -0.4 is 20.3 Å². The highest BCUT2D eigenvalue weighted by Gasteiger charge is 2.37. The third-order valence-electron chi connectivity index (χ3n) is 5.06. The van der Waals surface area contributed by atoms with Gasteiger partial charge in [0.2, 0.25) is 5.95 Å². The Morgan fingerprint density at radius 3 is 2.62 bits per heavy atom. The van der Waals surface area contributed by atoms with Crippen LogP contribution >= 0.6 is 11.6 Å². The Bertz CT molecular complexity index is 1160. The maximum atomic E-state index is 14.6. The smallest absolute Gasteiger partial charge is 0.421 e. The fourth-order valence-corrected chi connectivity index (χ4v) is 3.83. The molecule has 4 rings (SSSR count). The number of alkyl halides is 4. The molecule has 0 bridgehead atoms. The third kappa shape index (κ3) is 5.10. The number of benzene rings is 2. The summed E-state index contributed by atoms with van der Waals surface area (Å²) in [6, 6.07) is 10.9. The highest BCUT2D eigenvalue weighted by Crippen LogP contribution is 2.42. The Kier molecular flexibility index (Phi) is 6.94. The molecule has 1 fully saturated rings. The zero-order valence-corrected chi connectivity index (χ0v) is 18.6. The van der Waals surface area contributed by atoms with E-state index in [1.165, 1.54) is 18.2 Å². The van der Waals surface area contributed by atoms with Gasteiger partial charge in [-0.3, -0.25) is 0 Å². The van der Waals surface area contributed by atoms with Crippen LogP contribution in [0.2, 0.25) is 0 Å². The van der Waals surface area contributed by atoms with Crippen molar-refractivity contribution in [1.82, 2.24) is 9.97 Å². The number of nitrogens with zero attached hydrogens (tertiary/aromatic N) is 3. The van der Waals surface area contributed by atoms with Gasteiger partial charge in [-0.25, -0.2) is 9.37 Å². The number of halogens is 5. The van der Waals surface area contributed by atoms with Gasteiger partial charge in [0.25, 0.3) is 0 Å². The molecule has 1 unspecified atom stereocenters. The monoisotopic (exact) mass is 497 g/mol. The number of ether oxygens (including phenoxy) is 2. The maximum absolute atomic E-state index is 14.6. The van der Waals surface area contributed by atoms with Crippen molar-refractivity contribution in [3.8, 4) is 5.75 Å². The van der Waals surface area contributed by atoms with Crippen molar-refractivity contribution in [2.45, 2.75) is 11.7 Å². The fraction of sp³-hybridized carbons (Fsp3) is 0.273. The zero-order chi connectivity index (χ0) is 24.3. The van der Waals surface area contributed by atoms with Gasteiger partial charge in [0.1, 0.15) is 16.8 Å². The van der Waals surface area contributed by atoms with E-state index in [9.17, 15) is 17.6 Å². The predicted molar refractivity (Wildman–Crippen MR) is 121 cm³/mol. The molecule has 3 aromatic rings. The van der Waals surface area contributed by atoms with Gasteiger partial charge in [-0.1, -0.05) is 29.8 Å². The van der Waals surface area contributed by atoms with Crippen LogP contribution in [0.25, 0.3) is 0 Å². The van der Waals surface area contributed by atoms with Crippen LogP contribution in [-0.2, 0) is 10.9 Å². The number of para-hydroxylation sites is 2. The second-order valence-electron chi connectivity index (χ2n) is 7.24. The van der Waals surface area contributed by atoms with E-state index in [-0.39, 0.29) is 23.2 Å². The lowest BCUT2D eigenvalue weighted by atomic mass is 10.1. The molecular weight excluding hydrogens is 478 g/mol. The lowest BCUT2D eigenvalue weighted by Crippen LogP contribution is -2.42. The molecule has 0 amide bonds. The van der Waals surface area contributed by atoms with Gasteiger partial charge in [0.05, 0.1) is 43.6 Å². The van der Waals surface area contributed by atoms with E-state index in [4.69, 9.17) is 21.1 Å². The van der Waals surface area contributed by atoms with Crippen molar-refractivity contribution in [1.29, 1.82) is 0 Å². The van der Waals surface area contributed by atoms with Gasteiger partial charge in [-0.15, -0.1) is 0 Å². The largest absolute Gasteiger partial charge is 0.496 e. The van der Waals surface area contributed by atoms with Gasteiger partial charge >= 0.3 is 6.18 Å². The quantitative estimate of drug-likeness (QED) is 0.263. The number of hydrogen-bond acceptors (Lipinski definition) is 7. The molecule has 1 aliphatic heterocycles. The summed E-state index contributed by atoms with van der Waals surface area (Å²) in [6.07, 6.45) is -3.84. The van der Waals surface area contributed by atoms with Crippen LogP contribution in [0.3, 0.4) is 0 Å². The summed E-state index contributed by atoms with van der Waals surface area (Å²) in [5.74, 6) is -1.61. The summed E-state index contributed by atoms with van der Waals surface area (Å²) < 4.78 is 65.6. The molecule has 1 aromatic heterocycles. The average Bonchev–Trinajstić information content (AvgIpc) is 2.81. The van der Waals surface area contributed by atoms with Gasteiger partial charge in [-0.2, -0.15) is 18.2 Å². The maximum Gasteiger partial charge on any atom is 0.421 e. The van der Waals surface area contributed by atoms with Crippen LogP contribution in [0, 0.1) is 5.82 Å². The van der Waals surface area contributed by atoms with Crippen molar-refractivity contribution < 1.29 is 27.0 Å². The first-order valence-corrected chi connectivity index (χ1v) is 10.6. The standard InChI is InChI=1S/C22H20ClF4N5O2/c1-33-17-8-4-6-15(19(17)22(25,26)27)30-21-28-11-13(24)20(31-21)29-14-5-2-3-7-16(14)32-9-10-34-12-18(32)23/h2-8,11,18H,9-10,12H2,1H3,(H2,28,29,30,31). The normalized spacial score (nSPS) is 16.3. The first-order chi connectivity index (χ1) is 16.3. The molecule has 1 aliphatic rings. The van der Waals surface area contributed by atoms with E-state index in [1.807, 2.05) is 17.0 Å². The van der Waals surface area contributed by atoms with Crippen LogP contribution in [-0.4, -0.2) is 42.3 Å². The second kappa shape index (κ2) is 9.90. The number of methoxy groups -OCH3 is 1. The summed E-state index contributed by atoms with van der Waals surface area (Å²) in [7, 11) is 1.14. The van der Waals surface area contributed by atoms with Crippen molar-refractivity contribution in [3.05, 3.63) is 60.0 Å². The Morgan fingerprint density at radius 2 is 1.88 bits per heavy atom. The van der Waals surface area contributed by atoms with Crippen LogP contribution in [0.4, 0.5) is 46.4 Å². The lowest BCUT2D eigenvalue weighted by Gasteiger charge is -2.34. The highest BCUT2D eigenvalue weighted by molar-refractivity contribution is 6.22. The third-order valence-corrected chi connectivity index (χ3v) is 5.42. The van der Waals surface area contributed by atoms with E-state index in [0.717, 1.165) is 13.3 Å². The van der Waals surface area contributed by atoms with Crippen LogP contribution in [0.1, 0.15) is 5.56 Å².